The van der Waals surface area contributed by atoms with Crippen LogP contribution in [-0.4, -0.2) is 64.8 Å². The normalized spacial score (nSPS) is 21.1. The largest absolute Gasteiger partial charge is 0.444 e. The van der Waals surface area contributed by atoms with E-state index in [-0.39, 0.29) is 30.0 Å². The number of carbonyl (C=O) groups excluding carboxylic acids is 2. The number of nitrogens with zero attached hydrogens (tertiary/aromatic N) is 2. The number of carbonyl (C=O) groups is 2. The number of halogens is 1. The molecule has 2 amide bonds. The van der Waals surface area contributed by atoms with E-state index in [2.05, 4.69) is 31.2 Å². The molecule has 0 saturated carbocycles. The monoisotopic (exact) mass is 416 g/mol. The van der Waals surface area contributed by atoms with Crippen LogP contribution in [0.3, 0.4) is 0 Å². The van der Waals surface area contributed by atoms with Gasteiger partial charge in [-0.1, -0.05) is 0 Å². The molecule has 140 valence electrons. The molecule has 1 saturated heterocycles. The molecule has 2 rings (SSSR count). The molecule has 8 nitrogen and oxygen atoms in total. The second kappa shape index (κ2) is 7.74. The number of H-pyrrole nitrogens is 1. The summed E-state index contributed by atoms with van der Waals surface area (Å²) in [5, 5.41) is 2.93. The molecule has 25 heavy (non-hydrogen) atoms. The van der Waals surface area contributed by atoms with E-state index >= 15 is 0 Å². The first-order valence-electron chi connectivity index (χ1n) is 8.14. The Balaban J connectivity index is 1.97. The van der Waals surface area contributed by atoms with Crippen molar-refractivity contribution in [2.24, 2.45) is 0 Å². The van der Waals surface area contributed by atoms with Crippen molar-refractivity contribution in [3.63, 3.8) is 0 Å². The Labute approximate surface area is 155 Å². The molecule has 1 aliphatic rings. The number of methoxy groups -OCH3 is 1. The lowest BCUT2D eigenvalue weighted by molar-refractivity contribution is -0.0172. The minimum Gasteiger partial charge on any atom is -0.444 e. The highest BCUT2D eigenvalue weighted by Crippen LogP contribution is 2.18. The van der Waals surface area contributed by atoms with E-state index in [1.807, 2.05) is 27.7 Å². The van der Waals surface area contributed by atoms with Gasteiger partial charge in [0.2, 0.25) is 0 Å². The lowest BCUT2D eigenvalue weighted by atomic mass is 10.0. The molecule has 2 heterocycles. The summed E-state index contributed by atoms with van der Waals surface area (Å²) in [5.74, 6) is -0.0552. The molecular weight excluding hydrogens is 392 g/mol. The molecule has 2 atom stereocenters. The average Bonchev–Trinajstić information content (AvgIpc) is 2.85. The van der Waals surface area contributed by atoms with Crippen LogP contribution < -0.4 is 5.32 Å². The number of aromatic nitrogens is 2. The van der Waals surface area contributed by atoms with Gasteiger partial charge in [0.1, 0.15) is 10.2 Å². The van der Waals surface area contributed by atoms with Crippen LogP contribution in [0, 0.1) is 6.92 Å². The number of rotatable bonds is 3. The second-order valence-electron chi connectivity index (χ2n) is 7.07. The summed E-state index contributed by atoms with van der Waals surface area (Å²) in [4.78, 5) is 33.2. The number of likely N-dealkylation sites (tertiary alicyclic amines) is 1. The SMILES string of the molecule is CO[C@@H]1CN(C(=O)OC(C)(C)C)CC[C@@H]1NC(=O)c1nc(Br)c(C)[nH]1. The standard InChI is InChI=1S/C16H25BrN4O4/c1-9-12(17)20-13(18-9)14(22)19-10-6-7-21(8-11(10)24-5)15(23)25-16(2,3)4/h10-11H,6-8H2,1-5H3,(H,18,20)(H,19,22)/t10-,11+/m0/s1. The zero-order valence-corrected chi connectivity index (χ0v) is 16.8. The first-order chi connectivity index (χ1) is 11.6. The maximum atomic E-state index is 12.4. The summed E-state index contributed by atoms with van der Waals surface area (Å²) >= 11 is 3.28. The molecule has 0 bridgehead atoms. The smallest absolute Gasteiger partial charge is 0.410 e. The minimum absolute atomic E-state index is 0.208. The average molecular weight is 417 g/mol. The summed E-state index contributed by atoms with van der Waals surface area (Å²) in [6.45, 7) is 8.16. The molecule has 0 spiro atoms. The van der Waals surface area contributed by atoms with Gasteiger partial charge in [-0.05, 0) is 50.0 Å². The molecular formula is C16H25BrN4O4. The van der Waals surface area contributed by atoms with Crippen LogP contribution in [0.1, 0.15) is 43.5 Å². The first-order valence-corrected chi connectivity index (χ1v) is 8.93. The molecule has 1 aliphatic heterocycles. The van der Waals surface area contributed by atoms with Gasteiger partial charge >= 0.3 is 6.09 Å². The Morgan fingerprint density at radius 1 is 1.40 bits per heavy atom. The van der Waals surface area contributed by atoms with Crippen molar-refractivity contribution < 1.29 is 19.1 Å². The predicted molar refractivity (Wildman–Crippen MR) is 95.5 cm³/mol. The Morgan fingerprint density at radius 2 is 2.08 bits per heavy atom. The van der Waals surface area contributed by atoms with Gasteiger partial charge < -0.3 is 24.7 Å². The molecule has 0 unspecified atom stereocenters. The van der Waals surface area contributed by atoms with Gasteiger partial charge in [-0.25, -0.2) is 9.78 Å². The van der Waals surface area contributed by atoms with Crippen LogP contribution in [0.2, 0.25) is 0 Å². The molecule has 9 heteroatoms. The van der Waals surface area contributed by atoms with Crippen molar-refractivity contribution in [2.75, 3.05) is 20.2 Å². The van der Waals surface area contributed by atoms with Crippen LogP contribution in [0.5, 0.6) is 0 Å². The fraction of sp³-hybridized carbons (Fsp3) is 0.688. The molecule has 1 aromatic heterocycles. The van der Waals surface area contributed by atoms with Gasteiger partial charge in [-0.15, -0.1) is 0 Å². The number of hydrogen-bond donors (Lipinski definition) is 2. The van der Waals surface area contributed by atoms with Gasteiger partial charge in [0.25, 0.3) is 5.91 Å². The summed E-state index contributed by atoms with van der Waals surface area (Å²) in [6, 6.07) is -0.208. The lowest BCUT2D eigenvalue weighted by Crippen LogP contribution is -2.56. The molecule has 1 fully saturated rings. The molecule has 0 aliphatic carbocycles. The number of ether oxygens (including phenoxy) is 2. The van der Waals surface area contributed by atoms with Crippen molar-refractivity contribution in [3.05, 3.63) is 16.1 Å². The second-order valence-corrected chi connectivity index (χ2v) is 7.82. The van der Waals surface area contributed by atoms with Crippen LogP contribution in [-0.2, 0) is 9.47 Å². The Morgan fingerprint density at radius 3 is 2.60 bits per heavy atom. The van der Waals surface area contributed by atoms with Gasteiger partial charge in [-0.2, -0.15) is 0 Å². The lowest BCUT2D eigenvalue weighted by Gasteiger charge is -2.38. The maximum Gasteiger partial charge on any atom is 0.410 e. The van der Waals surface area contributed by atoms with Gasteiger partial charge in [-0.3, -0.25) is 4.79 Å². The van der Waals surface area contributed by atoms with Crippen molar-refractivity contribution in [1.82, 2.24) is 20.2 Å². The Hall–Kier alpha value is -1.61. The highest BCUT2D eigenvalue weighted by molar-refractivity contribution is 9.10. The number of amides is 2. The topological polar surface area (TPSA) is 96.6 Å². The molecule has 1 aromatic rings. The summed E-state index contributed by atoms with van der Waals surface area (Å²) in [6.07, 6.45) is -0.112. The number of imidazole rings is 1. The molecule has 0 aromatic carbocycles. The van der Waals surface area contributed by atoms with Gasteiger partial charge in [0.15, 0.2) is 5.82 Å². The third-order valence-electron chi connectivity index (χ3n) is 3.87. The summed E-state index contributed by atoms with van der Waals surface area (Å²) in [7, 11) is 1.57. The predicted octanol–water partition coefficient (Wildman–Crippen LogP) is 2.23. The van der Waals surface area contributed by atoms with Gasteiger partial charge in [0, 0.05) is 19.3 Å². The minimum atomic E-state index is -0.546. The van der Waals surface area contributed by atoms with Crippen LogP contribution in [0.25, 0.3) is 0 Å². The van der Waals surface area contributed by atoms with E-state index in [4.69, 9.17) is 9.47 Å². The maximum absolute atomic E-state index is 12.4. The third kappa shape index (κ3) is 5.18. The number of piperidine rings is 1. The van der Waals surface area contributed by atoms with Crippen molar-refractivity contribution >= 4 is 27.9 Å². The van der Waals surface area contributed by atoms with E-state index in [1.165, 1.54) is 0 Å². The van der Waals surface area contributed by atoms with E-state index in [0.717, 1.165) is 5.69 Å². The molecule has 0 radical (unpaired) electrons. The van der Waals surface area contributed by atoms with Crippen molar-refractivity contribution in [3.8, 4) is 0 Å². The van der Waals surface area contributed by atoms with E-state index in [0.29, 0.717) is 24.1 Å². The number of aryl methyl sites for hydroxylation is 1. The van der Waals surface area contributed by atoms with Crippen LogP contribution in [0.15, 0.2) is 4.60 Å². The zero-order chi connectivity index (χ0) is 18.8. The summed E-state index contributed by atoms with van der Waals surface area (Å²) < 4.78 is 11.5. The van der Waals surface area contributed by atoms with E-state index < -0.39 is 5.60 Å². The zero-order valence-electron chi connectivity index (χ0n) is 15.2. The third-order valence-corrected chi connectivity index (χ3v) is 4.64. The Bertz CT molecular complexity index is 621. The van der Waals surface area contributed by atoms with Crippen LogP contribution in [0.4, 0.5) is 4.79 Å². The molecule has 2 N–H and O–H groups in total. The van der Waals surface area contributed by atoms with Gasteiger partial charge in [0.05, 0.1) is 18.7 Å². The number of aromatic amines is 1. The van der Waals surface area contributed by atoms with Crippen molar-refractivity contribution in [1.29, 1.82) is 0 Å². The quantitative estimate of drug-likeness (QED) is 0.787. The highest BCUT2D eigenvalue weighted by atomic mass is 79.9. The van der Waals surface area contributed by atoms with E-state index in [1.54, 1.807) is 12.0 Å². The summed E-state index contributed by atoms with van der Waals surface area (Å²) in [5.41, 5.74) is 0.239. The van der Waals surface area contributed by atoms with Crippen molar-refractivity contribution in [2.45, 2.75) is 51.9 Å². The highest BCUT2D eigenvalue weighted by Gasteiger charge is 2.35. The van der Waals surface area contributed by atoms with Crippen LogP contribution >= 0.6 is 15.9 Å². The number of nitrogens with one attached hydrogen (secondary N) is 2. The van der Waals surface area contributed by atoms with E-state index in [9.17, 15) is 9.59 Å². The Kier molecular flexibility index (Phi) is 6.10. The fourth-order valence-corrected chi connectivity index (χ4v) is 2.87. The fourth-order valence-electron chi connectivity index (χ4n) is 2.60. The number of hydrogen-bond acceptors (Lipinski definition) is 5. The first kappa shape index (κ1) is 19.7.